The molecule has 0 atom stereocenters. The average Bonchev–Trinajstić information content (AvgIpc) is 4.07. The van der Waals surface area contributed by atoms with Gasteiger partial charge < -0.3 is 33.7 Å². The number of nitrogens with one attached hydrogen (secondary N) is 2. The lowest BCUT2D eigenvalue weighted by molar-refractivity contribution is 0.0141. The van der Waals surface area contributed by atoms with E-state index in [4.69, 9.17) is 19.4 Å². The molecule has 0 unspecified atom stereocenters. The normalized spacial score (nSPS) is 13.4. The minimum Gasteiger partial charge on any atom is -0.491 e. The molecule has 0 spiro atoms. The number of carboxylic acids is 2. The van der Waals surface area contributed by atoms with E-state index in [0.29, 0.717) is 95.5 Å². The fourth-order valence-corrected chi connectivity index (χ4v) is 9.57. The number of aromatic carboxylic acids is 2. The first kappa shape index (κ1) is 50.1. The third-order valence-corrected chi connectivity index (χ3v) is 13.0. The van der Waals surface area contributed by atoms with Crippen LogP contribution in [0.15, 0.2) is 47.4 Å². The van der Waals surface area contributed by atoms with E-state index in [1.165, 1.54) is 41.3 Å². The Bertz CT molecular complexity index is 2950. The lowest BCUT2D eigenvalue weighted by atomic mass is 10.2. The van der Waals surface area contributed by atoms with Gasteiger partial charge in [0.15, 0.2) is 0 Å². The van der Waals surface area contributed by atoms with Crippen molar-refractivity contribution in [3.05, 3.63) is 80.6 Å². The van der Waals surface area contributed by atoms with Crippen LogP contribution in [0.3, 0.4) is 0 Å². The van der Waals surface area contributed by atoms with Crippen LogP contribution in [0.25, 0.3) is 22.1 Å². The van der Waals surface area contributed by atoms with E-state index in [-0.39, 0.29) is 66.0 Å². The summed E-state index contributed by atoms with van der Waals surface area (Å²) in [4.78, 5) is 83.8. The number of hydrogen-bond donors (Lipinski definition) is 4. The first-order valence-corrected chi connectivity index (χ1v) is 24.6. The minimum absolute atomic E-state index is 0.0507. The van der Waals surface area contributed by atoms with Gasteiger partial charge in [-0.25, -0.2) is 29.3 Å². The van der Waals surface area contributed by atoms with Crippen LogP contribution in [0.2, 0.25) is 0 Å². The van der Waals surface area contributed by atoms with Gasteiger partial charge in [0, 0.05) is 57.3 Å². The molecule has 1 saturated heterocycles. The zero-order valence-electron chi connectivity index (χ0n) is 39.9. The number of allylic oxidation sites excluding steroid dienone is 2. The van der Waals surface area contributed by atoms with Crippen molar-refractivity contribution in [3.63, 3.8) is 0 Å². The molecule has 0 aliphatic carbocycles. The van der Waals surface area contributed by atoms with Crippen molar-refractivity contribution >= 4 is 86.9 Å². The number of rotatable bonds is 18. The van der Waals surface area contributed by atoms with Gasteiger partial charge in [-0.2, -0.15) is 5.10 Å². The molecule has 1 aliphatic rings. The Kier molecular flexibility index (Phi) is 15.4. The smallest absolute Gasteiger partial charge is 0.410 e. The summed E-state index contributed by atoms with van der Waals surface area (Å²) in [5, 5.41) is 31.1. The Balaban J connectivity index is 1.19. The molecule has 7 rings (SSSR count). The summed E-state index contributed by atoms with van der Waals surface area (Å²) in [5.41, 5.74) is 2.78. The number of ether oxygens (including phenoxy) is 2. The number of carbonyl (C=O) groups is 5. The Hall–Kier alpha value is -6.78. The van der Waals surface area contributed by atoms with Crippen LogP contribution >= 0.6 is 23.1 Å². The van der Waals surface area contributed by atoms with Crippen LogP contribution in [-0.2, 0) is 30.8 Å². The standard InChI is InChI=1S/C47H57N11O9S2/c1-9-31-39(69-28(4)48-31)41(60)52-45-50-33-24-30(43(63)64)26-36(68-8)38(33)57(45)16-12-11-15-56-37-32(49-44(56)51-40(59)34-22-27(3)53-58(34)10-2)23-29(42(61)62)25-35(37)66-21-13-14-54-17-19-55(20-18-54)46(65)67-47(5,6)7/h11-12,22-26H,9-10,13-21H2,1-8H3,(H,61,62)(H,63,64)(H,49,51,59)(H,50,52,60)/b12-11+. The number of piperazine rings is 1. The molecule has 366 valence electrons. The van der Waals surface area contributed by atoms with Gasteiger partial charge in [0.25, 0.3) is 11.8 Å². The molecular weight excluding hydrogens is 927 g/mol. The second-order valence-electron chi connectivity index (χ2n) is 17.3. The molecule has 4 aromatic heterocycles. The zero-order chi connectivity index (χ0) is 49.7. The predicted molar refractivity (Wildman–Crippen MR) is 263 cm³/mol. The van der Waals surface area contributed by atoms with Crippen LogP contribution in [-0.4, -0.2) is 135 Å². The summed E-state index contributed by atoms with van der Waals surface area (Å²) >= 11 is 2.63. The fourth-order valence-electron chi connectivity index (χ4n) is 8.01. The van der Waals surface area contributed by atoms with Gasteiger partial charge in [-0.15, -0.1) is 23.1 Å². The third kappa shape index (κ3) is 11.6. The summed E-state index contributed by atoms with van der Waals surface area (Å²) in [5.74, 6) is -2.56. The van der Waals surface area contributed by atoms with E-state index in [1.54, 1.807) is 37.8 Å². The van der Waals surface area contributed by atoms with E-state index >= 15 is 0 Å². The number of carboxylic acid groups (broad SMARTS) is 2. The highest BCUT2D eigenvalue weighted by molar-refractivity contribution is 7.98. The Morgan fingerprint density at radius 3 is 2.03 bits per heavy atom. The summed E-state index contributed by atoms with van der Waals surface area (Å²) in [6.07, 6.45) is 6.33. The van der Waals surface area contributed by atoms with Crippen molar-refractivity contribution < 1.29 is 43.7 Å². The fraction of sp³-hybridized carbons (Fsp3) is 0.426. The highest BCUT2D eigenvalue weighted by Gasteiger charge is 2.27. The van der Waals surface area contributed by atoms with Crippen LogP contribution in [0.4, 0.5) is 16.7 Å². The predicted octanol–water partition coefficient (Wildman–Crippen LogP) is 7.44. The van der Waals surface area contributed by atoms with E-state index in [1.807, 2.05) is 60.0 Å². The number of thioether (sulfide) groups is 1. The number of nitrogens with zero attached hydrogens (tertiary/aromatic N) is 9. The van der Waals surface area contributed by atoms with Crippen molar-refractivity contribution in [2.45, 2.75) is 91.4 Å². The van der Waals surface area contributed by atoms with Crippen molar-refractivity contribution in [2.24, 2.45) is 0 Å². The first-order chi connectivity index (χ1) is 32.9. The SMILES string of the molecule is CCc1nc(C)sc1C(=O)Nc1nc2cc(C(=O)O)cc(SC)c2n1C/C=C/Cn1c(NC(=O)c2cc(C)nn2CC)nc2cc(C(=O)O)cc(OCCCN3CCN(C(=O)OC(C)(C)C)CC3)c21. The van der Waals surface area contributed by atoms with Crippen LogP contribution in [0, 0.1) is 13.8 Å². The first-order valence-electron chi connectivity index (χ1n) is 22.6. The number of hydrogen-bond acceptors (Lipinski definition) is 14. The molecule has 1 aliphatic heterocycles. The van der Waals surface area contributed by atoms with E-state index in [2.05, 4.69) is 25.6 Å². The number of benzene rings is 2. The molecule has 20 nitrogen and oxygen atoms in total. The Morgan fingerprint density at radius 1 is 0.826 bits per heavy atom. The molecule has 1 fully saturated rings. The summed E-state index contributed by atoms with van der Waals surface area (Å²) in [6, 6.07) is 7.60. The van der Waals surface area contributed by atoms with Crippen molar-refractivity contribution in [2.75, 3.05) is 56.2 Å². The van der Waals surface area contributed by atoms with Gasteiger partial charge in [0.05, 0.1) is 50.7 Å². The third-order valence-electron chi connectivity index (χ3n) is 11.2. The highest BCUT2D eigenvalue weighted by atomic mass is 32.2. The topological polar surface area (TPSA) is 241 Å². The number of imidazole rings is 2. The monoisotopic (exact) mass is 983 g/mol. The second-order valence-corrected chi connectivity index (χ2v) is 19.4. The van der Waals surface area contributed by atoms with Gasteiger partial charge in [-0.3, -0.25) is 29.8 Å². The lowest BCUT2D eigenvalue weighted by Crippen LogP contribution is -2.50. The molecule has 22 heteroatoms. The molecule has 6 aromatic rings. The van der Waals surface area contributed by atoms with Gasteiger partial charge in [0.1, 0.15) is 27.4 Å². The van der Waals surface area contributed by atoms with E-state index < -0.39 is 23.4 Å². The van der Waals surface area contributed by atoms with Crippen molar-refractivity contribution in [1.29, 1.82) is 0 Å². The second kappa shape index (κ2) is 21.2. The molecule has 69 heavy (non-hydrogen) atoms. The molecule has 0 radical (unpaired) electrons. The average molecular weight is 984 g/mol. The molecule has 3 amide bonds. The lowest BCUT2D eigenvalue weighted by Gasteiger charge is -2.35. The molecule has 5 heterocycles. The Morgan fingerprint density at radius 2 is 1.43 bits per heavy atom. The van der Waals surface area contributed by atoms with Crippen LogP contribution in [0.5, 0.6) is 5.75 Å². The highest BCUT2D eigenvalue weighted by Crippen LogP contribution is 2.34. The van der Waals surface area contributed by atoms with Gasteiger partial charge in [-0.05, 0) is 91.0 Å². The molecular formula is C47H57N11O9S2. The number of carbonyl (C=O) groups excluding carboxylic acids is 3. The van der Waals surface area contributed by atoms with E-state index in [0.717, 1.165) is 5.01 Å². The van der Waals surface area contributed by atoms with Crippen LogP contribution < -0.4 is 15.4 Å². The number of thiazole rings is 1. The van der Waals surface area contributed by atoms with Gasteiger partial charge in [0.2, 0.25) is 11.9 Å². The summed E-state index contributed by atoms with van der Waals surface area (Å²) in [6.45, 7) is 17.0. The van der Waals surface area contributed by atoms with Crippen molar-refractivity contribution in [1.82, 2.24) is 43.7 Å². The van der Waals surface area contributed by atoms with Gasteiger partial charge in [-0.1, -0.05) is 19.1 Å². The van der Waals surface area contributed by atoms with Crippen molar-refractivity contribution in [3.8, 4) is 5.75 Å². The largest absolute Gasteiger partial charge is 0.491 e. The maximum atomic E-state index is 13.9. The number of amides is 3. The molecule has 4 N–H and O–H groups in total. The summed E-state index contributed by atoms with van der Waals surface area (Å²) < 4.78 is 17.0. The van der Waals surface area contributed by atoms with Crippen LogP contribution in [0.1, 0.15) is 98.3 Å². The Labute approximate surface area is 406 Å². The number of anilines is 2. The number of aryl methyl sites for hydroxylation is 4. The summed E-state index contributed by atoms with van der Waals surface area (Å²) in [7, 11) is 0. The van der Waals surface area contributed by atoms with E-state index in [9.17, 15) is 34.2 Å². The quantitative estimate of drug-likeness (QED) is 0.0372. The molecule has 0 bridgehead atoms. The zero-order valence-corrected chi connectivity index (χ0v) is 41.5. The maximum absolute atomic E-state index is 13.9. The maximum Gasteiger partial charge on any atom is 0.410 e. The minimum atomic E-state index is -1.18. The number of fused-ring (bicyclic) bond motifs is 2. The van der Waals surface area contributed by atoms with Gasteiger partial charge >= 0.3 is 18.0 Å². The molecule has 2 aromatic carbocycles. The molecule has 0 saturated carbocycles. The number of aromatic nitrogens is 7.